The number of hydrogen-bond donors (Lipinski definition) is 1. The lowest BCUT2D eigenvalue weighted by Crippen LogP contribution is -2.43. The highest BCUT2D eigenvalue weighted by Gasteiger charge is 2.34. The molecule has 0 bridgehead atoms. The molecule has 1 saturated heterocycles. The van der Waals surface area contributed by atoms with Crippen LogP contribution in [-0.2, 0) is 0 Å². The Hall–Kier alpha value is -1.42. The predicted octanol–water partition coefficient (Wildman–Crippen LogP) is 1.41. The van der Waals surface area contributed by atoms with Crippen molar-refractivity contribution in [3.05, 3.63) is 46.0 Å². The van der Waals surface area contributed by atoms with Crippen molar-refractivity contribution >= 4 is 0 Å². The van der Waals surface area contributed by atoms with E-state index in [4.69, 9.17) is 0 Å². The minimum atomic E-state index is -0.485. The topological polar surface area (TPSA) is 55.2 Å². The number of nitrogens with zero attached hydrogens (tertiary/aromatic N) is 1. The summed E-state index contributed by atoms with van der Waals surface area (Å²) in [6.07, 6.45) is 0.843. The third-order valence-electron chi connectivity index (χ3n) is 2.95. The molecule has 4 heteroatoms. The monoisotopic (exact) mass is 206 g/mol. The van der Waals surface area contributed by atoms with Gasteiger partial charge in [-0.25, -0.2) is 0 Å². The second-order valence-corrected chi connectivity index (χ2v) is 3.86. The number of rotatable bonds is 2. The third kappa shape index (κ3) is 2.15. The average Bonchev–Trinajstić information content (AvgIpc) is 2.30. The van der Waals surface area contributed by atoms with Gasteiger partial charge in [0.25, 0.3) is 0 Å². The molecule has 1 aliphatic heterocycles. The van der Waals surface area contributed by atoms with Gasteiger partial charge in [-0.15, -0.1) is 0 Å². The van der Waals surface area contributed by atoms with Gasteiger partial charge in [0.15, 0.2) is 0 Å². The second kappa shape index (κ2) is 4.40. The first kappa shape index (κ1) is 10.1. The fraction of sp³-hybridized carbons (Fsp3) is 0.455. The first-order valence-corrected chi connectivity index (χ1v) is 5.18. The van der Waals surface area contributed by atoms with E-state index >= 15 is 0 Å². The van der Waals surface area contributed by atoms with Gasteiger partial charge in [-0.05, 0) is 18.5 Å². The second-order valence-electron chi connectivity index (χ2n) is 3.86. The maximum Gasteiger partial charge on any atom is 0.232 e. The molecule has 0 aliphatic carbocycles. The number of nitrogens with one attached hydrogen (secondary N) is 1. The van der Waals surface area contributed by atoms with Crippen LogP contribution >= 0.6 is 0 Å². The highest BCUT2D eigenvalue weighted by molar-refractivity contribution is 5.21. The first-order valence-electron chi connectivity index (χ1n) is 5.18. The summed E-state index contributed by atoms with van der Waals surface area (Å²) in [6.45, 7) is 1.34. The molecule has 2 atom stereocenters. The molecule has 2 unspecified atom stereocenters. The minimum absolute atomic E-state index is 0.0578. The Labute approximate surface area is 88.5 Å². The molecule has 0 amide bonds. The van der Waals surface area contributed by atoms with E-state index < -0.39 is 6.04 Å². The van der Waals surface area contributed by atoms with Gasteiger partial charge >= 0.3 is 0 Å². The number of piperidine rings is 1. The van der Waals surface area contributed by atoms with Gasteiger partial charge in [0.1, 0.15) is 0 Å². The van der Waals surface area contributed by atoms with Crippen molar-refractivity contribution in [1.82, 2.24) is 5.32 Å². The van der Waals surface area contributed by atoms with Crippen LogP contribution in [0.1, 0.15) is 17.9 Å². The normalized spacial score (nSPS) is 26.1. The fourth-order valence-corrected chi connectivity index (χ4v) is 2.15. The van der Waals surface area contributed by atoms with Gasteiger partial charge in [0.05, 0.1) is 12.5 Å². The van der Waals surface area contributed by atoms with E-state index in [2.05, 4.69) is 5.32 Å². The summed E-state index contributed by atoms with van der Waals surface area (Å²) in [5.41, 5.74) is 1.08. The largest absolute Gasteiger partial charge is 0.310 e. The molecule has 0 radical (unpaired) electrons. The molecule has 1 aromatic rings. The zero-order chi connectivity index (χ0) is 10.7. The standard InChI is InChI=1S/C11H14N2O2/c14-13(15)11-8-12-7-6-10(11)9-4-2-1-3-5-9/h1-5,10-12H,6-8H2. The van der Waals surface area contributed by atoms with Crippen molar-refractivity contribution in [1.29, 1.82) is 0 Å². The summed E-state index contributed by atoms with van der Waals surface area (Å²) >= 11 is 0. The van der Waals surface area contributed by atoms with Crippen LogP contribution < -0.4 is 5.32 Å². The van der Waals surface area contributed by atoms with Gasteiger partial charge in [-0.2, -0.15) is 0 Å². The van der Waals surface area contributed by atoms with Gasteiger partial charge in [0.2, 0.25) is 6.04 Å². The summed E-state index contributed by atoms with van der Waals surface area (Å²) < 4.78 is 0. The molecule has 1 fully saturated rings. The minimum Gasteiger partial charge on any atom is -0.310 e. The average molecular weight is 206 g/mol. The van der Waals surface area contributed by atoms with Crippen LogP contribution in [0.5, 0.6) is 0 Å². The van der Waals surface area contributed by atoms with E-state index in [1.165, 1.54) is 0 Å². The summed E-state index contributed by atoms with van der Waals surface area (Å²) in [5.74, 6) is 0.0578. The van der Waals surface area contributed by atoms with E-state index in [1.807, 2.05) is 30.3 Å². The molecular weight excluding hydrogens is 192 g/mol. The Kier molecular flexibility index (Phi) is 2.97. The van der Waals surface area contributed by atoms with E-state index in [0.717, 1.165) is 18.5 Å². The summed E-state index contributed by atoms with van der Waals surface area (Å²) in [4.78, 5) is 10.7. The molecule has 0 saturated carbocycles. The van der Waals surface area contributed by atoms with Crippen LogP contribution in [0.25, 0.3) is 0 Å². The van der Waals surface area contributed by atoms with Gasteiger partial charge in [-0.3, -0.25) is 10.1 Å². The Balaban J connectivity index is 2.22. The lowest BCUT2D eigenvalue weighted by Gasteiger charge is -2.26. The lowest BCUT2D eigenvalue weighted by molar-refractivity contribution is -0.526. The molecular formula is C11H14N2O2. The third-order valence-corrected chi connectivity index (χ3v) is 2.95. The number of nitro groups is 1. The Morgan fingerprint density at radius 2 is 2.07 bits per heavy atom. The molecule has 4 nitrogen and oxygen atoms in total. The molecule has 2 rings (SSSR count). The fourth-order valence-electron chi connectivity index (χ4n) is 2.15. The quantitative estimate of drug-likeness (QED) is 0.588. The smallest absolute Gasteiger partial charge is 0.232 e. The first-order chi connectivity index (χ1) is 7.29. The molecule has 1 heterocycles. The van der Waals surface area contributed by atoms with Crippen LogP contribution in [0.3, 0.4) is 0 Å². The van der Waals surface area contributed by atoms with Crippen molar-refractivity contribution in [3.63, 3.8) is 0 Å². The van der Waals surface area contributed by atoms with Crippen LogP contribution in [0.15, 0.2) is 30.3 Å². The maximum absolute atomic E-state index is 10.9. The molecule has 1 aromatic carbocycles. The molecule has 15 heavy (non-hydrogen) atoms. The van der Waals surface area contributed by atoms with E-state index in [0.29, 0.717) is 6.54 Å². The zero-order valence-electron chi connectivity index (χ0n) is 8.43. The summed E-state index contributed by atoms with van der Waals surface area (Å²) in [6, 6.07) is 9.29. The van der Waals surface area contributed by atoms with Gasteiger partial charge < -0.3 is 5.32 Å². The van der Waals surface area contributed by atoms with Crippen LogP contribution in [0, 0.1) is 10.1 Å². The van der Waals surface area contributed by atoms with E-state index in [9.17, 15) is 10.1 Å². The van der Waals surface area contributed by atoms with Crippen molar-refractivity contribution in [2.75, 3.05) is 13.1 Å². The Bertz CT molecular complexity index is 340. The Morgan fingerprint density at radius 1 is 1.33 bits per heavy atom. The molecule has 1 aliphatic rings. The highest BCUT2D eigenvalue weighted by Crippen LogP contribution is 2.26. The zero-order valence-corrected chi connectivity index (χ0v) is 8.43. The van der Waals surface area contributed by atoms with Gasteiger partial charge in [0, 0.05) is 4.92 Å². The Morgan fingerprint density at radius 3 is 2.73 bits per heavy atom. The van der Waals surface area contributed by atoms with Crippen LogP contribution in [0.4, 0.5) is 0 Å². The number of hydrogen-bond acceptors (Lipinski definition) is 3. The molecule has 80 valence electrons. The van der Waals surface area contributed by atoms with Crippen molar-refractivity contribution < 1.29 is 4.92 Å². The van der Waals surface area contributed by atoms with Crippen molar-refractivity contribution in [3.8, 4) is 0 Å². The van der Waals surface area contributed by atoms with Gasteiger partial charge in [-0.1, -0.05) is 30.3 Å². The molecule has 0 spiro atoms. The van der Waals surface area contributed by atoms with Crippen LogP contribution in [0.2, 0.25) is 0 Å². The predicted molar refractivity (Wildman–Crippen MR) is 57.5 cm³/mol. The number of benzene rings is 1. The van der Waals surface area contributed by atoms with Crippen LogP contribution in [-0.4, -0.2) is 24.1 Å². The van der Waals surface area contributed by atoms with Crippen molar-refractivity contribution in [2.45, 2.75) is 18.4 Å². The molecule has 1 N–H and O–H groups in total. The van der Waals surface area contributed by atoms with E-state index in [1.54, 1.807) is 0 Å². The van der Waals surface area contributed by atoms with Crippen molar-refractivity contribution in [2.24, 2.45) is 0 Å². The summed E-state index contributed by atoms with van der Waals surface area (Å²) in [7, 11) is 0. The molecule has 0 aromatic heterocycles. The maximum atomic E-state index is 10.9. The van der Waals surface area contributed by atoms with E-state index in [-0.39, 0.29) is 10.8 Å². The summed E-state index contributed by atoms with van der Waals surface area (Å²) in [5, 5.41) is 14.0. The highest BCUT2D eigenvalue weighted by atomic mass is 16.6. The lowest BCUT2D eigenvalue weighted by atomic mass is 9.86. The SMILES string of the molecule is O=[N+]([O-])C1CNCCC1c1ccccc1.